The molecule has 0 amide bonds. The van der Waals surface area contributed by atoms with E-state index in [2.05, 4.69) is 30.0 Å². The van der Waals surface area contributed by atoms with Gasteiger partial charge in [0.05, 0.1) is 18.3 Å². The molecule has 24 heavy (non-hydrogen) atoms. The molecule has 0 bridgehead atoms. The van der Waals surface area contributed by atoms with E-state index in [0.29, 0.717) is 23.3 Å². The summed E-state index contributed by atoms with van der Waals surface area (Å²) >= 11 is 18.7. The monoisotopic (exact) mass is 380 g/mol. The van der Waals surface area contributed by atoms with E-state index in [0.717, 1.165) is 29.1 Å². The molecule has 0 aliphatic carbocycles. The van der Waals surface area contributed by atoms with Crippen molar-refractivity contribution < 1.29 is 0 Å². The molecule has 0 spiro atoms. The van der Waals surface area contributed by atoms with Gasteiger partial charge in [0, 0.05) is 40.1 Å². The molecule has 5 heteroatoms. The molecule has 2 aromatic rings. The van der Waals surface area contributed by atoms with Crippen molar-refractivity contribution in [1.82, 2.24) is 0 Å². The zero-order valence-electron chi connectivity index (χ0n) is 13.5. The fourth-order valence-electron chi connectivity index (χ4n) is 3.07. The van der Waals surface area contributed by atoms with Crippen molar-refractivity contribution in [3.8, 4) is 0 Å². The van der Waals surface area contributed by atoms with Crippen LogP contribution in [-0.2, 0) is 0 Å². The first kappa shape index (κ1) is 17.6. The van der Waals surface area contributed by atoms with Gasteiger partial charge >= 0.3 is 0 Å². The van der Waals surface area contributed by atoms with Crippen LogP contribution in [0.1, 0.15) is 16.7 Å². The molecular formula is C19H19Cl3N2. The van der Waals surface area contributed by atoms with Crippen molar-refractivity contribution in [2.75, 3.05) is 29.7 Å². The lowest BCUT2D eigenvalue weighted by Gasteiger charge is -2.31. The van der Waals surface area contributed by atoms with Gasteiger partial charge in [-0.05, 0) is 24.6 Å². The maximum atomic E-state index is 6.43. The van der Waals surface area contributed by atoms with Crippen LogP contribution in [0.15, 0.2) is 47.5 Å². The number of hydrogen-bond acceptors (Lipinski definition) is 2. The largest absolute Gasteiger partial charge is 0.364 e. The molecular weight excluding hydrogens is 363 g/mol. The minimum Gasteiger partial charge on any atom is -0.364 e. The predicted octanol–water partition coefficient (Wildman–Crippen LogP) is 5.15. The summed E-state index contributed by atoms with van der Waals surface area (Å²) in [5.41, 5.74) is 5.26. The minimum absolute atomic E-state index is 0.117. The van der Waals surface area contributed by atoms with Crippen molar-refractivity contribution in [3.63, 3.8) is 0 Å². The molecule has 0 N–H and O–H groups in total. The number of hydrogen-bond donors (Lipinski definition) is 0. The standard InChI is InChI=1S/C19H19Cl3N2/c1-13-6-7-16-18(10-13)24(9-8-20)14(11-21)12-23-19(16)15-4-2-3-5-17(15)22/h2-7,10,14H,8-9,11-12H2,1H3. The summed E-state index contributed by atoms with van der Waals surface area (Å²) in [6, 6.07) is 14.3. The average molecular weight is 382 g/mol. The van der Waals surface area contributed by atoms with Crippen molar-refractivity contribution in [2.45, 2.75) is 13.0 Å². The second-order valence-electron chi connectivity index (χ2n) is 5.88. The van der Waals surface area contributed by atoms with Gasteiger partial charge in [0.2, 0.25) is 0 Å². The number of benzodiazepines with no additional fused rings is 1. The number of nitrogens with zero attached hydrogens (tertiary/aromatic N) is 2. The molecule has 0 saturated heterocycles. The summed E-state index contributed by atoms with van der Waals surface area (Å²) in [6.07, 6.45) is 0. The highest BCUT2D eigenvalue weighted by molar-refractivity contribution is 6.36. The topological polar surface area (TPSA) is 15.6 Å². The maximum Gasteiger partial charge on any atom is 0.0755 e. The molecule has 1 aliphatic heterocycles. The van der Waals surface area contributed by atoms with E-state index in [4.69, 9.17) is 39.8 Å². The lowest BCUT2D eigenvalue weighted by atomic mass is 9.98. The SMILES string of the molecule is Cc1ccc2c(c1)N(CCCl)C(CCl)CN=C2c1ccccc1Cl. The Hall–Kier alpha value is -1.22. The molecule has 2 aromatic carbocycles. The van der Waals surface area contributed by atoms with Crippen LogP contribution in [0.5, 0.6) is 0 Å². The normalized spacial score (nSPS) is 17.2. The molecule has 1 aliphatic rings. The third kappa shape index (κ3) is 3.42. The van der Waals surface area contributed by atoms with Crippen molar-refractivity contribution in [3.05, 3.63) is 64.2 Å². The summed E-state index contributed by atoms with van der Waals surface area (Å²) in [4.78, 5) is 7.15. The van der Waals surface area contributed by atoms with Crippen LogP contribution in [0, 0.1) is 6.92 Å². The lowest BCUT2D eigenvalue weighted by molar-refractivity contribution is 0.670. The first-order valence-corrected chi connectivity index (χ1v) is 9.39. The molecule has 0 radical (unpaired) electrons. The van der Waals surface area contributed by atoms with Crippen LogP contribution in [0.2, 0.25) is 5.02 Å². The molecule has 0 fully saturated rings. The number of benzene rings is 2. The summed E-state index contributed by atoms with van der Waals surface area (Å²) in [6.45, 7) is 3.45. The van der Waals surface area contributed by atoms with E-state index in [1.165, 1.54) is 5.56 Å². The fraction of sp³-hybridized carbons (Fsp3) is 0.316. The summed E-state index contributed by atoms with van der Waals surface area (Å²) in [5.74, 6) is 1.05. The highest BCUT2D eigenvalue weighted by atomic mass is 35.5. The van der Waals surface area contributed by atoms with E-state index >= 15 is 0 Å². The number of rotatable bonds is 4. The molecule has 126 valence electrons. The number of halogens is 3. The number of anilines is 1. The smallest absolute Gasteiger partial charge is 0.0755 e. The van der Waals surface area contributed by atoms with Gasteiger partial charge in [-0.25, -0.2) is 0 Å². The van der Waals surface area contributed by atoms with E-state index in [9.17, 15) is 0 Å². The fourth-order valence-corrected chi connectivity index (χ4v) is 3.74. The van der Waals surface area contributed by atoms with Crippen molar-refractivity contribution in [1.29, 1.82) is 0 Å². The van der Waals surface area contributed by atoms with Crippen molar-refractivity contribution in [2.24, 2.45) is 4.99 Å². The number of fused-ring (bicyclic) bond motifs is 1. The van der Waals surface area contributed by atoms with Crippen LogP contribution >= 0.6 is 34.8 Å². The van der Waals surface area contributed by atoms with Gasteiger partial charge in [0.25, 0.3) is 0 Å². The summed E-state index contributed by atoms with van der Waals surface area (Å²) < 4.78 is 0. The number of aliphatic imine (C=N–C) groups is 1. The first-order valence-electron chi connectivity index (χ1n) is 7.94. The first-order chi connectivity index (χ1) is 11.7. The van der Waals surface area contributed by atoms with Gasteiger partial charge in [-0.1, -0.05) is 41.9 Å². The van der Waals surface area contributed by atoms with Crippen molar-refractivity contribution >= 4 is 46.2 Å². The molecule has 0 aromatic heterocycles. The van der Waals surface area contributed by atoms with Gasteiger partial charge in [-0.3, -0.25) is 4.99 Å². The van der Waals surface area contributed by atoms with Crippen LogP contribution in [0.3, 0.4) is 0 Å². The Morgan fingerprint density at radius 1 is 1.12 bits per heavy atom. The Morgan fingerprint density at radius 2 is 1.92 bits per heavy atom. The Bertz CT molecular complexity index is 758. The summed E-state index contributed by atoms with van der Waals surface area (Å²) in [7, 11) is 0. The molecule has 3 rings (SSSR count). The molecule has 1 heterocycles. The van der Waals surface area contributed by atoms with Crippen LogP contribution < -0.4 is 4.90 Å². The maximum absolute atomic E-state index is 6.43. The zero-order chi connectivity index (χ0) is 17.1. The molecule has 0 saturated carbocycles. The minimum atomic E-state index is 0.117. The highest BCUT2D eigenvalue weighted by Crippen LogP contribution is 2.32. The molecule has 1 atom stereocenters. The quantitative estimate of drug-likeness (QED) is 0.669. The lowest BCUT2D eigenvalue weighted by Crippen LogP contribution is -2.40. The second-order valence-corrected chi connectivity index (χ2v) is 6.97. The van der Waals surface area contributed by atoms with Crippen LogP contribution in [0.4, 0.5) is 5.69 Å². The third-order valence-corrected chi connectivity index (χ3v) is 5.11. The Labute approximate surface area is 158 Å². The highest BCUT2D eigenvalue weighted by Gasteiger charge is 2.26. The van der Waals surface area contributed by atoms with E-state index in [-0.39, 0.29) is 6.04 Å². The van der Waals surface area contributed by atoms with E-state index < -0.39 is 0 Å². The van der Waals surface area contributed by atoms with Crippen LogP contribution in [0.25, 0.3) is 0 Å². The Morgan fingerprint density at radius 3 is 2.62 bits per heavy atom. The van der Waals surface area contributed by atoms with Gasteiger partial charge in [0.15, 0.2) is 0 Å². The van der Waals surface area contributed by atoms with Gasteiger partial charge in [0.1, 0.15) is 0 Å². The molecule has 1 unspecified atom stereocenters. The third-order valence-electron chi connectivity index (χ3n) is 4.25. The average Bonchev–Trinajstić information content (AvgIpc) is 2.73. The van der Waals surface area contributed by atoms with Gasteiger partial charge in [-0.2, -0.15) is 0 Å². The Kier molecular flexibility index (Phi) is 5.70. The van der Waals surface area contributed by atoms with Gasteiger partial charge in [-0.15, -0.1) is 23.2 Å². The number of alkyl halides is 2. The zero-order valence-corrected chi connectivity index (χ0v) is 15.7. The van der Waals surface area contributed by atoms with Crippen LogP contribution in [-0.4, -0.2) is 36.6 Å². The second kappa shape index (κ2) is 7.77. The number of aryl methyl sites for hydroxylation is 1. The van der Waals surface area contributed by atoms with E-state index in [1.807, 2.05) is 24.3 Å². The predicted molar refractivity (Wildman–Crippen MR) is 106 cm³/mol. The Balaban J connectivity index is 2.19. The molecule has 2 nitrogen and oxygen atoms in total. The van der Waals surface area contributed by atoms with Gasteiger partial charge < -0.3 is 4.90 Å². The summed E-state index contributed by atoms with van der Waals surface area (Å²) in [5, 5.41) is 0.705. The van der Waals surface area contributed by atoms with E-state index in [1.54, 1.807) is 0 Å².